The lowest BCUT2D eigenvalue weighted by Crippen LogP contribution is -2.60. The Morgan fingerprint density at radius 2 is 1.00 bits per heavy atom. The first-order chi connectivity index (χ1) is 35.6. The third-order valence-corrected chi connectivity index (χ3v) is 18.0. The lowest BCUT2D eigenvalue weighted by molar-refractivity contribution is 0.590. The number of nitrogens with zero attached hydrogens (tertiary/aromatic N) is 3. The second-order valence-corrected chi connectivity index (χ2v) is 25.5. The van der Waals surface area contributed by atoms with Gasteiger partial charge in [0.05, 0.1) is 21.8 Å². The standard InChI is InChI=1S/C68H60BN3S2/c1-66(2,3)44-29-34-47(35-30-44)70(55-24-15-13-21-50(55)43-19-11-10-12-20-43)49-38-39-54-59(42-49)72(58-27-17-23-52-51-22-14-16-28-60(51)73-64(52)58)57-26-18-25-56-62(57)69(54)65-63(53-41-46(68(7,8)9)33-40-61(53)74-65)71(56)48-36-31-45(32-37-48)67(4,5)6/h10-42H,1-9H3. The normalized spacial score (nSPS) is 13.4. The average molecular weight is 994 g/mol. The number of fused-ring (bicyclic) bond motifs is 9. The van der Waals surface area contributed by atoms with Crippen LogP contribution >= 0.6 is 22.7 Å². The van der Waals surface area contributed by atoms with Gasteiger partial charge in [0.2, 0.25) is 0 Å². The minimum atomic E-state index is -0.0187. The molecule has 2 aromatic heterocycles. The van der Waals surface area contributed by atoms with E-state index in [0.29, 0.717) is 0 Å². The quantitative estimate of drug-likeness (QED) is 0.154. The van der Waals surface area contributed by atoms with E-state index in [0.717, 1.165) is 17.1 Å². The van der Waals surface area contributed by atoms with Gasteiger partial charge in [-0.2, -0.15) is 0 Å². The number of hydrogen-bond acceptors (Lipinski definition) is 5. The van der Waals surface area contributed by atoms with Gasteiger partial charge in [0.1, 0.15) is 0 Å². The van der Waals surface area contributed by atoms with Crippen LogP contribution in [0.1, 0.15) is 79.0 Å². The minimum absolute atomic E-state index is 0.0119. The SMILES string of the molecule is CC(C)(C)c1ccc(N(c2ccc3c(c2)N(c2cccc4c2sc2ccccc24)c2cccc4c2B3c2sc3ccc(C(C)(C)C)cc3c2N4c2ccc(C(C)(C)C)cc2)c2ccccc2-c2ccccc2)cc1. The van der Waals surface area contributed by atoms with Crippen molar-refractivity contribution in [2.24, 2.45) is 0 Å². The molecular formula is C68H60BN3S2. The van der Waals surface area contributed by atoms with Crippen molar-refractivity contribution in [1.82, 2.24) is 0 Å². The van der Waals surface area contributed by atoms with E-state index >= 15 is 0 Å². The summed E-state index contributed by atoms with van der Waals surface area (Å²) in [4.78, 5) is 7.71. The highest BCUT2D eigenvalue weighted by atomic mass is 32.1. The molecule has 0 atom stereocenters. The van der Waals surface area contributed by atoms with Crippen molar-refractivity contribution in [2.45, 2.75) is 78.6 Å². The van der Waals surface area contributed by atoms with E-state index in [1.54, 1.807) is 0 Å². The Labute approximate surface area is 445 Å². The highest BCUT2D eigenvalue weighted by Crippen LogP contribution is 2.52. The number of anilines is 9. The zero-order valence-electron chi connectivity index (χ0n) is 43.8. The fourth-order valence-corrected chi connectivity index (χ4v) is 14.1. The predicted octanol–water partition coefficient (Wildman–Crippen LogP) is 18.4. The van der Waals surface area contributed by atoms with Gasteiger partial charge in [-0.1, -0.05) is 184 Å². The maximum Gasteiger partial charge on any atom is 0.264 e. The summed E-state index contributed by atoms with van der Waals surface area (Å²) < 4.78 is 5.27. The smallest absolute Gasteiger partial charge is 0.264 e. The molecule has 74 heavy (non-hydrogen) atoms. The molecule has 3 nitrogen and oxygen atoms in total. The summed E-state index contributed by atoms with van der Waals surface area (Å²) in [6, 6.07) is 75.9. The number of benzene rings is 9. The molecule has 0 aliphatic carbocycles. The van der Waals surface area contributed by atoms with Gasteiger partial charge in [-0.3, -0.25) is 0 Å². The molecule has 13 rings (SSSR count). The molecule has 11 aromatic rings. The summed E-state index contributed by atoms with van der Waals surface area (Å²) in [6.07, 6.45) is 0. The molecule has 0 fully saturated rings. The van der Waals surface area contributed by atoms with E-state index in [9.17, 15) is 0 Å². The Balaban J connectivity index is 1.11. The fraction of sp³-hybridized carbons (Fsp3) is 0.176. The van der Waals surface area contributed by atoms with Gasteiger partial charge in [-0.05, 0) is 128 Å². The van der Waals surface area contributed by atoms with Gasteiger partial charge in [-0.15, -0.1) is 22.7 Å². The summed E-state index contributed by atoms with van der Waals surface area (Å²) in [7, 11) is 0. The Hall–Kier alpha value is -7.38. The van der Waals surface area contributed by atoms with Crippen LogP contribution in [0.3, 0.4) is 0 Å². The number of rotatable bonds is 6. The van der Waals surface area contributed by atoms with Crippen LogP contribution < -0.4 is 30.4 Å². The summed E-state index contributed by atoms with van der Waals surface area (Å²) in [5, 5.41) is 3.89. The van der Waals surface area contributed by atoms with E-state index in [1.807, 2.05) is 22.7 Å². The van der Waals surface area contributed by atoms with Gasteiger partial charge in [0.15, 0.2) is 0 Å². The van der Waals surface area contributed by atoms with Crippen molar-refractivity contribution in [1.29, 1.82) is 0 Å². The Morgan fingerprint density at radius 3 is 1.73 bits per heavy atom. The fourth-order valence-electron chi connectivity index (χ4n) is 11.6. The van der Waals surface area contributed by atoms with Crippen molar-refractivity contribution in [3.8, 4) is 11.1 Å². The molecule has 0 amide bonds. The summed E-state index contributed by atoms with van der Waals surface area (Å²) in [5.41, 5.74) is 19.7. The van der Waals surface area contributed by atoms with Crippen LogP contribution in [0.4, 0.5) is 51.2 Å². The first kappa shape index (κ1) is 46.4. The van der Waals surface area contributed by atoms with Crippen LogP contribution in [0.2, 0.25) is 0 Å². The van der Waals surface area contributed by atoms with Crippen molar-refractivity contribution in [3.63, 3.8) is 0 Å². The van der Waals surface area contributed by atoms with Crippen LogP contribution in [-0.2, 0) is 16.2 Å². The zero-order valence-corrected chi connectivity index (χ0v) is 45.4. The van der Waals surface area contributed by atoms with E-state index in [4.69, 9.17) is 0 Å². The molecule has 0 unspecified atom stereocenters. The molecule has 362 valence electrons. The molecule has 0 saturated heterocycles. The Morgan fingerprint density at radius 1 is 0.419 bits per heavy atom. The molecule has 9 aromatic carbocycles. The average Bonchev–Trinajstić information content (AvgIpc) is 4.00. The first-order valence-electron chi connectivity index (χ1n) is 26.1. The minimum Gasteiger partial charge on any atom is -0.310 e. The summed E-state index contributed by atoms with van der Waals surface area (Å²) in [5.74, 6) is 0. The number of thiophene rings is 2. The van der Waals surface area contributed by atoms with Crippen LogP contribution in [0.15, 0.2) is 200 Å². The van der Waals surface area contributed by atoms with Gasteiger partial charge >= 0.3 is 0 Å². The molecule has 4 heterocycles. The molecule has 2 aliphatic rings. The van der Waals surface area contributed by atoms with Gasteiger partial charge < -0.3 is 14.7 Å². The number of hydrogen-bond donors (Lipinski definition) is 0. The van der Waals surface area contributed by atoms with E-state index < -0.39 is 0 Å². The molecule has 0 bridgehead atoms. The summed E-state index contributed by atoms with van der Waals surface area (Å²) in [6.45, 7) is 20.8. The maximum atomic E-state index is 2.62. The monoisotopic (exact) mass is 993 g/mol. The Kier molecular flexibility index (Phi) is 10.7. The third kappa shape index (κ3) is 7.51. The molecule has 0 saturated carbocycles. The van der Waals surface area contributed by atoms with Crippen molar-refractivity contribution in [2.75, 3.05) is 14.7 Å². The lowest BCUT2D eigenvalue weighted by Gasteiger charge is -2.43. The maximum absolute atomic E-state index is 2.62. The van der Waals surface area contributed by atoms with Crippen molar-refractivity contribution in [3.05, 3.63) is 217 Å². The van der Waals surface area contributed by atoms with Crippen LogP contribution in [0.5, 0.6) is 0 Å². The molecule has 0 N–H and O–H groups in total. The van der Waals surface area contributed by atoms with E-state index in [1.165, 1.54) is 108 Å². The second-order valence-electron chi connectivity index (χ2n) is 23.4. The van der Waals surface area contributed by atoms with Gasteiger partial charge in [-0.25, -0.2) is 0 Å². The van der Waals surface area contributed by atoms with Gasteiger partial charge in [0.25, 0.3) is 6.71 Å². The second kappa shape index (κ2) is 17.1. The van der Waals surface area contributed by atoms with Crippen LogP contribution in [0, 0.1) is 0 Å². The molecule has 2 aliphatic heterocycles. The lowest BCUT2D eigenvalue weighted by atomic mass is 9.36. The Bertz CT molecular complexity index is 3980. The zero-order chi connectivity index (χ0) is 50.8. The predicted molar refractivity (Wildman–Crippen MR) is 325 cm³/mol. The molecule has 0 spiro atoms. The van der Waals surface area contributed by atoms with Gasteiger partial charge in [0, 0.05) is 70.0 Å². The van der Waals surface area contributed by atoms with Crippen LogP contribution in [0.25, 0.3) is 41.4 Å². The molecule has 0 radical (unpaired) electrons. The highest BCUT2D eigenvalue weighted by molar-refractivity contribution is 7.33. The molecular weight excluding hydrogens is 934 g/mol. The summed E-state index contributed by atoms with van der Waals surface area (Å²) >= 11 is 3.87. The van der Waals surface area contributed by atoms with Crippen molar-refractivity contribution >= 4 is 127 Å². The topological polar surface area (TPSA) is 9.72 Å². The highest BCUT2D eigenvalue weighted by Gasteiger charge is 2.46. The van der Waals surface area contributed by atoms with E-state index in [2.05, 4.69) is 277 Å². The van der Waals surface area contributed by atoms with Crippen LogP contribution in [-0.4, -0.2) is 6.71 Å². The van der Waals surface area contributed by atoms with Crippen molar-refractivity contribution < 1.29 is 0 Å². The first-order valence-corrected chi connectivity index (χ1v) is 27.8. The number of para-hydroxylation sites is 1. The molecule has 6 heteroatoms. The van der Waals surface area contributed by atoms with E-state index in [-0.39, 0.29) is 23.0 Å². The largest absolute Gasteiger partial charge is 0.310 e. The third-order valence-electron chi connectivity index (χ3n) is 15.5.